The molecular formula is C16H19ClN2O. The van der Waals surface area contributed by atoms with Gasteiger partial charge in [0.05, 0.1) is 6.07 Å². The Kier molecular flexibility index (Phi) is 5.03. The molecule has 1 fully saturated rings. The summed E-state index contributed by atoms with van der Waals surface area (Å²) < 4.78 is 0. The van der Waals surface area contributed by atoms with Crippen molar-refractivity contribution in [1.82, 2.24) is 5.32 Å². The van der Waals surface area contributed by atoms with Crippen LogP contribution >= 0.6 is 11.6 Å². The summed E-state index contributed by atoms with van der Waals surface area (Å²) in [5.41, 5.74) is 0.579. The molecule has 1 aromatic carbocycles. The van der Waals surface area contributed by atoms with Crippen LogP contribution in [0.3, 0.4) is 0 Å². The summed E-state index contributed by atoms with van der Waals surface area (Å²) in [7, 11) is 0. The fraction of sp³-hybridized carbons (Fsp3) is 0.500. The van der Waals surface area contributed by atoms with Crippen molar-refractivity contribution in [1.29, 1.82) is 5.26 Å². The third-order valence-corrected chi connectivity index (χ3v) is 4.08. The van der Waals surface area contributed by atoms with E-state index in [0.717, 1.165) is 43.5 Å². The highest BCUT2D eigenvalue weighted by atomic mass is 35.5. The molecule has 20 heavy (non-hydrogen) atoms. The first-order chi connectivity index (χ1) is 9.63. The minimum Gasteiger partial charge on any atom is -0.338 e. The molecule has 1 N–H and O–H groups in total. The number of aryl methyl sites for hydroxylation is 1. The van der Waals surface area contributed by atoms with Crippen molar-refractivity contribution >= 4 is 17.5 Å². The molecule has 0 aliphatic heterocycles. The van der Waals surface area contributed by atoms with Crippen molar-refractivity contribution in [3.63, 3.8) is 0 Å². The second-order valence-corrected chi connectivity index (χ2v) is 5.87. The molecule has 0 aromatic heterocycles. The molecule has 106 valence electrons. The number of nitrogens with one attached hydrogen (secondary N) is 1. The first kappa shape index (κ1) is 14.9. The number of hydrogen-bond donors (Lipinski definition) is 1. The van der Waals surface area contributed by atoms with Crippen LogP contribution in [0.5, 0.6) is 0 Å². The van der Waals surface area contributed by atoms with Gasteiger partial charge in [0.1, 0.15) is 5.54 Å². The minimum absolute atomic E-state index is 0.0117. The number of nitrogens with zero attached hydrogens (tertiary/aromatic N) is 1. The largest absolute Gasteiger partial charge is 0.338 e. The maximum atomic E-state index is 11.9. The van der Waals surface area contributed by atoms with Crippen LogP contribution in [0.4, 0.5) is 0 Å². The Labute approximate surface area is 124 Å². The van der Waals surface area contributed by atoms with E-state index in [0.29, 0.717) is 6.42 Å². The van der Waals surface area contributed by atoms with Crippen molar-refractivity contribution in [3.8, 4) is 6.07 Å². The molecule has 1 aliphatic rings. The minimum atomic E-state index is -0.600. The van der Waals surface area contributed by atoms with Crippen LogP contribution in [0, 0.1) is 11.3 Å². The highest BCUT2D eigenvalue weighted by Crippen LogP contribution is 2.29. The van der Waals surface area contributed by atoms with Gasteiger partial charge in [-0.3, -0.25) is 4.79 Å². The first-order valence-electron chi connectivity index (χ1n) is 7.10. The van der Waals surface area contributed by atoms with Crippen LogP contribution in [0.2, 0.25) is 5.02 Å². The van der Waals surface area contributed by atoms with E-state index in [1.54, 1.807) is 0 Å². The maximum Gasteiger partial charge on any atom is 0.221 e. The summed E-state index contributed by atoms with van der Waals surface area (Å²) >= 11 is 5.83. The predicted octanol–water partition coefficient (Wildman–Crippen LogP) is 3.62. The maximum absolute atomic E-state index is 11.9. The molecule has 0 radical (unpaired) electrons. The molecule has 0 atom stereocenters. The number of hydrogen-bond acceptors (Lipinski definition) is 2. The summed E-state index contributed by atoms with van der Waals surface area (Å²) in [6.07, 6.45) is 5.72. The molecule has 4 heteroatoms. The van der Waals surface area contributed by atoms with E-state index in [2.05, 4.69) is 11.4 Å². The molecule has 0 heterocycles. The van der Waals surface area contributed by atoms with Gasteiger partial charge < -0.3 is 5.32 Å². The van der Waals surface area contributed by atoms with Crippen LogP contribution in [0.15, 0.2) is 24.3 Å². The van der Waals surface area contributed by atoms with Gasteiger partial charge in [-0.2, -0.15) is 5.26 Å². The number of carbonyl (C=O) groups excluding carboxylic acids is 1. The molecule has 0 saturated heterocycles. The van der Waals surface area contributed by atoms with Gasteiger partial charge in [-0.15, -0.1) is 0 Å². The molecule has 1 saturated carbocycles. The molecule has 0 bridgehead atoms. The first-order valence-corrected chi connectivity index (χ1v) is 7.48. The number of amides is 1. The Balaban J connectivity index is 1.75. The van der Waals surface area contributed by atoms with E-state index >= 15 is 0 Å². The average molecular weight is 291 g/mol. The van der Waals surface area contributed by atoms with Gasteiger partial charge in [-0.25, -0.2) is 0 Å². The molecule has 0 unspecified atom stereocenters. The van der Waals surface area contributed by atoms with Gasteiger partial charge in [0.2, 0.25) is 5.91 Å². The van der Waals surface area contributed by atoms with E-state index in [4.69, 9.17) is 11.6 Å². The van der Waals surface area contributed by atoms with Gasteiger partial charge in [-0.1, -0.05) is 23.7 Å². The topological polar surface area (TPSA) is 52.9 Å². The lowest BCUT2D eigenvalue weighted by molar-refractivity contribution is -0.122. The van der Waals surface area contributed by atoms with Gasteiger partial charge in [0, 0.05) is 11.4 Å². The molecule has 2 rings (SSSR count). The van der Waals surface area contributed by atoms with Gasteiger partial charge in [0.25, 0.3) is 0 Å². The Morgan fingerprint density at radius 1 is 1.30 bits per heavy atom. The zero-order valence-electron chi connectivity index (χ0n) is 11.5. The van der Waals surface area contributed by atoms with Gasteiger partial charge in [-0.05, 0) is 56.2 Å². The van der Waals surface area contributed by atoms with Crippen LogP contribution < -0.4 is 5.32 Å². The molecule has 1 aliphatic carbocycles. The summed E-state index contributed by atoms with van der Waals surface area (Å²) in [5.74, 6) is -0.0117. The third-order valence-electron chi connectivity index (χ3n) is 3.83. The van der Waals surface area contributed by atoms with Crippen molar-refractivity contribution in [3.05, 3.63) is 34.9 Å². The SMILES string of the molecule is N#CC1(NC(=O)CCCc2ccc(Cl)cc2)CCCC1. The van der Waals surface area contributed by atoms with E-state index in [1.165, 1.54) is 5.56 Å². The second kappa shape index (κ2) is 6.76. The van der Waals surface area contributed by atoms with Crippen LogP contribution in [0.25, 0.3) is 0 Å². The average Bonchev–Trinajstić information content (AvgIpc) is 2.90. The standard InChI is InChI=1S/C16H19ClN2O/c17-14-8-6-13(7-9-14)4-3-5-15(20)19-16(12-18)10-1-2-11-16/h6-9H,1-5,10-11H2,(H,19,20). The Morgan fingerprint density at radius 3 is 2.55 bits per heavy atom. The summed E-state index contributed by atoms with van der Waals surface area (Å²) in [6.45, 7) is 0. The number of rotatable bonds is 5. The fourth-order valence-corrected chi connectivity index (χ4v) is 2.80. The molecule has 1 amide bonds. The highest BCUT2D eigenvalue weighted by Gasteiger charge is 2.34. The van der Waals surface area contributed by atoms with E-state index in [9.17, 15) is 10.1 Å². The summed E-state index contributed by atoms with van der Waals surface area (Å²) in [5, 5.41) is 12.9. The zero-order valence-corrected chi connectivity index (χ0v) is 12.2. The van der Waals surface area contributed by atoms with Crippen molar-refractivity contribution in [2.24, 2.45) is 0 Å². The molecule has 0 spiro atoms. The van der Waals surface area contributed by atoms with Crippen LogP contribution in [0.1, 0.15) is 44.1 Å². The lowest BCUT2D eigenvalue weighted by Crippen LogP contribution is -2.45. The molecular weight excluding hydrogens is 272 g/mol. The van der Waals surface area contributed by atoms with Crippen molar-refractivity contribution in [2.75, 3.05) is 0 Å². The Bertz CT molecular complexity index is 498. The normalized spacial score (nSPS) is 16.6. The Morgan fingerprint density at radius 2 is 1.95 bits per heavy atom. The van der Waals surface area contributed by atoms with E-state index in [1.807, 2.05) is 24.3 Å². The Hall–Kier alpha value is -1.53. The molecule has 1 aromatic rings. The third kappa shape index (κ3) is 3.98. The summed E-state index contributed by atoms with van der Waals surface area (Å²) in [4.78, 5) is 11.9. The lowest BCUT2D eigenvalue weighted by Gasteiger charge is -2.21. The highest BCUT2D eigenvalue weighted by molar-refractivity contribution is 6.30. The lowest BCUT2D eigenvalue weighted by atomic mass is 9.99. The van der Waals surface area contributed by atoms with Crippen LogP contribution in [-0.4, -0.2) is 11.4 Å². The smallest absolute Gasteiger partial charge is 0.221 e. The fourth-order valence-electron chi connectivity index (χ4n) is 2.68. The van der Waals surface area contributed by atoms with Gasteiger partial charge in [0.15, 0.2) is 0 Å². The number of halogens is 1. The number of nitriles is 1. The second-order valence-electron chi connectivity index (χ2n) is 5.43. The van der Waals surface area contributed by atoms with Crippen molar-refractivity contribution in [2.45, 2.75) is 50.5 Å². The van der Waals surface area contributed by atoms with E-state index < -0.39 is 5.54 Å². The van der Waals surface area contributed by atoms with Gasteiger partial charge >= 0.3 is 0 Å². The quantitative estimate of drug-likeness (QED) is 0.900. The molecule has 3 nitrogen and oxygen atoms in total. The van der Waals surface area contributed by atoms with Crippen LogP contribution in [-0.2, 0) is 11.2 Å². The monoisotopic (exact) mass is 290 g/mol. The van der Waals surface area contributed by atoms with Crippen molar-refractivity contribution < 1.29 is 4.79 Å². The number of benzene rings is 1. The van der Waals surface area contributed by atoms with E-state index in [-0.39, 0.29) is 5.91 Å². The predicted molar refractivity (Wildman–Crippen MR) is 79.3 cm³/mol. The zero-order chi connectivity index (χ0) is 14.4. The number of carbonyl (C=O) groups is 1. The summed E-state index contributed by atoms with van der Waals surface area (Å²) in [6, 6.07) is 9.96.